The zero-order chi connectivity index (χ0) is 5.11. The molecule has 1 saturated heterocycles. The fraction of sp³-hybridized carbons (Fsp3) is 1.00. The number of rotatable bonds is 0. The third kappa shape index (κ3) is 1.85. The Kier molecular flexibility index (Phi) is 2.23. The van der Waals surface area contributed by atoms with E-state index < -0.39 is 0 Å². The molecular weight excluding hydrogens is 141 g/mol. The van der Waals surface area contributed by atoms with Crippen molar-refractivity contribution in [3.8, 4) is 0 Å². The van der Waals surface area contributed by atoms with E-state index in [0.29, 0.717) is 0 Å². The van der Waals surface area contributed by atoms with Gasteiger partial charge in [0.25, 0.3) is 0 Å². The molecule has 0 aliphatic carbocycles. The number of piperazine rings is 1. The van der Waals surface area contributed by atoms with Crippen molar-refractivity contribution < 1.29 is 18.5 Å². The summed E-state index contributed by atoms with van der Waals surface area (Å²) < 4.78 is 2.45. The van der Waals surface area contributed by atoms with Gasteiger partial charge in [-0.3, -0.25) is 0 Å². The van der Waals surface area contributed by atoms with E-state index in [1.165, 1.54) is 44.7 Å². The summed E-state index contributed by atoms with van der Waals surface area (Å²) in [5.74, 6) is 0. The van der Waals surface area contributed by atoms with Crippen molar-refractivity contribution in [3.63, 3.8) is 0 Å². The summed E-state index contributed by atoms with van der Waals surface area (Å²) in [7, 11) is 0. The van der Waals surface area contributed by atoms with Gasteiger partial charge >= 0.3 is 53.7 Å². The molecule has 0 aromatic rings. The quantitative estimate of drug-likeness (QED) is 0.462. The maximum atomic E-state index is 3.29. The van der Waals surface area contributed by atoms with Crippen molar-refractivity contribution in [2.75, 3.05) is 26.2 Å². The molecule has 2 nitrogen and oxygen atoms in total. The van der Waals surface area contributed by atoms with Crippen molar-refractivity contribution in [1.82, 2.24) is 8.96 Å². The standard InChI is InChI=1S/C4H9N2.Zn/c1-2-6-4-3-5-1;/h5H,1-4H2;/q-1;+1. The van der Waals surface area contributed by atoms with Crippen molar-refractivity contribution >= 4 is 0 Å². The maximum absolute atomic E-state index is 3.29. The molecule has 1 N–H and O–H groups in total. The van der Waals surface area contributed by atoms with Crippen LogP contribution >= 0.6 is 0 Å². The van der Waals surface area contributed by atoms with Gasteiger partial charge in [-0.2, -0.15) is 0 Å². The van der Waals surface area contributed by atoms with Gasteiger partial charge in [0, 0.05) is 0 Å². The van der Waals surface area contributed by atoms with Crippen LogP contribution in [0.5, 0.6) is 0 Å². The molecule has 0 spiro atoms. The molecule has 3 heteroatoms. The number of hydrogen-bond acceptors (Lipinski definition) is 2. The summed E-state index contributed by atoms with van der Waals surface area (Å²) in [4.78, 5) is 0. The van der Waals surface area contributed by atoms with E-state index in [4.69, 9.17) is 0 Å². The van der Waals surface area contributed by atoms with Crippen LogP contribution in [-0.4, -0.2) is 29.8 Å². The summed E-state index contributed by atoms with van der Waals surface area (Å²) >= 11 is 1.34. The molecule has 0 radical (unpaired) electrons. The molecule has 0 aromatic heterocycles. The summed E-state index contributed by atoms with van der Waals surface area (Å²) in [6.07, 6.45) is 0. The minimum absolute atomic E-state index is 1.19. The summed E-state index contributed by atoms with van der Waals surface area (Å²) in [6, 6.07) is 0. The SMILES string of the molecule is [Zn][N]1CCNCC1. The van der Waals surface area contributed by atoms with Gasteiger partial charge in [-0.05, 0) is 0 Å². The minimum atomic E-state index is 1.19. The van der Waals surface area contributed by atoms with Crippen LogP contribution < -0.4 is 5.32 Å². The third-order valence-electron chi connectivity index (χ3n) is 1.21. The Morgan fingerprint density at radius 1 is 1.29 bits per heavy atom. The first kappa shape index (κ1) is 5.68. The van der Waals surface area contributed by atoms with Crippen molar-refractivity contribution in [1.29, 1.82) is 0 Å². The van der Waals surface area contributed by atoms with Crippen molar-refractivity contribution in [3.05, 3.63) is 0 Å². The second kappa shape index (κ2) is 2.75. The molecule has 1 heterocycles. The Labute approximate surface area is 54.2 Å². The van der Waals surface area contributed by atoms with E-state index >= 15 is 0 Å². The first-order valence-electron chi connectivity index (χ1n) is 2.66. The van der Waals surface area contributed by atoms with Gasteiger partial charge in [0.05, 0.1) is 0 Å². The van der Waals surface area contributed by atoms with Crippen LogP contribution in [-0.2, 0) is 18.5 Å². The first-order valence-corrected chi connectivity index (χ1v) is 3.98. The number of nitrogens with zero attached hydrogens (tertiary/aromatic N) is 1. The zero-order valence-corrected chi connectivity index (χ0v) is 7.45. The summed E-state index contributed by atoms with van der Waals surface area (Å²) in [5, 5.41) is 3.29. The van der Waals surface area contributed by atoms with Crippen LogP contribution in [0.4, 0.5) is 0 Å². The molecule has 0 unspecified atom stereocenters. The number of nitrogens with one attached hydrogen (secondary N) is 1. The third-order valence-corrected chi connectivity index (χ3v) is 2.54. The van der Waals surface area contributed by atoms with E-state index in [0.717, 1.165) is 0 Å². The molecule has 1 fully saturated rings. The molecule has 0 bridgehead atoms. The van der Waals surface area contributed by atoms with E-state index in [2.05, 4.69) is 8.96 Å². The Morgan fingerprint density at radius 2 is 1.86 bits per heavy atom. The van der Waals surface area contributed by atoms with Gasteiger partial charge < -0.3 is 0 Å². The van der Waals surface area contributed by atoms with E-state index in [1.807, 2.05) is 0 Å². The molecule has 1 rings (SSSR count). The summed E-state index contributed by atoms with van der Waals surface area (Å²) in [5.41, 5.74) is 0. The summed E-state index contributed by atoms with van der Waals surface area (Å²) in [6.45, 7) is 4.92. The Hall–Kier alpha value is 0.543. The van der Waals surface area contributed by atoms with Crippen LogP contribution in [0.2, 0.25) is 0 Å². The van der Waals surface area contributed by atoms with E-state index in [1.54, 1.807) is 0 Å². The van der Waals surface area contributed by atoms with Crippen LogP contribution in [0.15, 0.2) is 0 Å². The topological polar surface area (TPSA) is 15.3 Å². The van der Waals surface area contributed by atoms with Gasteiger partial charge in [0.15, 0.2) is 0 Å². The fourth-order valence-corrected chi connectivity index (χ4v) is 1.37. The van der Waals surface area contributed by atoms with Crippen LogP contribution in [0, 0.1) is 0 Å². The average Bonchev–Trinajstić information content (AvgIpc) is 1.69. The number of hydrogen-bond donors (Lipinski definition) is 1. The predicted octanol–water partition coefficient (Wildman–Crippen LogP) is -0.647. The van der Waals surface area contributed by atoms with Crippen LogP contribution in [0.3, 0.4) is 0 Å². The Bertz CT molecular complexity index is 51.7. The van der Waals surface area contributed by atoms with Gasteiger partial charge in [0.2, 0.25) is 0 Å². The van der Waals surface area contributed by atoms with Gasteiger partial charge in [-0.25, -0.2) is 0 Å². The molecular formula is C4H9N2Zn. The Morgan fingerprint density at radius 3 is 2.14 bits per heavy atom. The van der Waals surface area contributed by atoms with Gasteiger partial charge in [-0.1, -0.05) is 0 Å². The second-order valence-corrected chi connectivity index (χ2v) is 3.74. The molecule has 1 aliphatic heterocycles. The molecule has 7 heavy (non-hydrogen) atoms. The molecule has 0 amide bonds. The van der Waals surface area contributed by atoms with E-state index in [9.17, 15) is 0 Å². The molecule has 0 atom stereocenters. The monoisotopic (exact) mass is 149 g/mol. The molecule has 0 aromatic carbocycles. The molecule has 0 saturated carbocycles. The van der Waals surface area contributed by atoms with Crippen LogP contribution in [0.25, 0.3) is 0 Å². The average molecular weight is 151 g/mol. The second-order valence-electron chi connectivity index (χ2n) is 1.87. The van der Waals surface area contributed by atoms with Crippen molar-refractivity contribution in [2.24, 2.45) is 0 Å². The van der Waals surface area contributed by atoms with Crippen molar-refractivity contribution in [2.45, 2.75) is 0 Å². The normalized spacial score (nSPS) is 25.4. The van der Waals surface area contributed by atoms with Gasteiger partial charge in [-0.15, -0.1) is 0 Å². The molecule has 1 aliphatic rings. The Balaban J connectivity index is 2.12. The fourth-order valence-electron chi connectivity index (χ4n) is 0.711. The zero-order valence-electron chi connectivity index (χ0n) is 4.48. The van der Waals surface area contributed by atoms with Crippen LogP contribution in [0.1, 0.15) is 0 Å². The first-order chi connectivity index (χ1) is 3.39. The van der Waals surface area contributed by atoms with Gasteiger partial charge in [0.1, 0.15) is 0 Å². The molecule has 37 valence electrons. The van der Waals surface area contributed by atoms with E-state index in [-0.39, 0.29) is 0 Å². The predicted molar refractivity (Wildman–Crippen MR) is 24.4 cm³/mol.